The van der Waals surface area contributed by atoms with Crippen molar-refractivity contribution in [2.24, 2.45) is 5.73 Å². The van der Waals surface area contributed by atoms with Gasteiger partial charge in [0.2, 0.25) is 0 Å². The van der Waals surface area contributed by atoms with Crippen LogP contribution in [-0.4, -0.2) is 0 Å². The van der Waals surface area contributed by atoms with Gasteiger partial charge in [-0.1, -0.05) is 140 Å². The first kappa shape index (κ1) is 26.2. The van der Waals surface area contributed by atoms with E-state index >= 15 is 0 Å². The van der Waals surface area contributed by atoms with Crippen LogP contribution in [0.4, 0.5) is 0 Å². The summed E-state index contributed by atoms with van der Waals surface area (Å²) in [4.78, 5) is 0. The Hall–Kier alpha value is -5.44. The van der Waals surface area contributed by atoms with Crippen LogP contribution >= 0.6 is 0 Å². The predicted molar refractivity (Wildman–Crippen MR) is 189 cm³/mol. The van der Waals surface area contributed by atoms with Crippen LogP contribution in [0, 0.1) is 0 Å². The van der Waals surface area contributed by atoms with Crippen molar-refractivity contribution in [3.05, 3.63) is 174 Å². The van der Waals surface area contributed by atoms with Crippen LogP contribution < -0.4 is 11.1 Å². The number of benzene rings is 8. The largest absolute Gasteiger partial charge is 0.381 e. The molecule has 0 saturated heterocycles. The number of nitrogens with two attached hydrogens (primary N) is 1. The van der Waals surface area contributed by atoms with Crippen LogP contribution in [-0.2, 0) is 6.54 Å². The normalized spacial score (nSPS) is 12.8. The lowest BCUT2D eigenvalue weighted by Gasteiger charge is -2.19. The molecule has 0 heterocycles. The third-order valence-electron chi connectivity index (χ3n) is 8.92. The Morgan fingerprint density at radius 1 is 0.500 bits per heavy atom. The second-order valence-corrected chi connectivity index (χ2v) is 11.6. The van der Waals surface area contributed by atoms with Crippen molar-refractivity contribution in [3.8, 4) is 0 Å². The van der Waals surface area contributed by atoms with E-state index in [-0.39, 0.29) is 6.04 Å². The van der Waals surface area contributed by atoms with Gasteiger partial charge in [-0.2, -0.15) is 0 Å². The fourth-order valence-electron chi connectivity index (χ4n) is 6.68. The maximum atomic E-state index is 6.82. The van der Waals surface area contributed by atoms with Crippen molar-refractivity contribution in [1.29, 1.82) is 0 Å². The van der Waals surface area contributed by atoms with Crippen molar-refractivity contribution in [1.82, 2.24) is 5.32 Å². The van der Waals surface area contributed by atoms with Gasteiger partial charge in [-0.05, 0) is 88.8 Å². The van der Waals surface area contributed by atoms with Gasteiger partial charge in [0.15, 0.2) is 0 Å². The van der Waals surface area contributed by atoms with Crippen LogP contribution in [0.3, 0.4) is 0 Å². The van der Waals surface area contributed by atoms with Crippen molar-refractivity contribution >= 4 is 59.6 Å². The van der Waals surface area contributed by atoms with E-state index in [2.05, 4.69) is 145 Å². The van der Waals surface area contributed by atoms with Gasteiger partial charge in [0.25, 0.3) is 0 Å². The number of nitrogens with one attached hydrogen (secondary N) is 1. The van der Waals surface area contributed by atoms with Crippen molar-refractivity contribution in [3.63, 3.8) is 0 Å². The first-order chi connectivity index (χ1) is 21.7. The minimum Gasteiger partial charge on any atom is -0.381 e. The Kier molecular flexibility index (Phi) is 6.55. The summed E-state index contributed by atoms with van der Waals surface area (Å²) in [5.74, 6) is 0. The smallest absolute Gasteiger partial charge is 0.0504 e. The highest BCUT2D eigenvalue weighted by Crippen LogP contribution is 2.34. The highest BCUT2D eigenvalue weighted by atomic mass is 14.9. The Balaban J connectivity index is 1.26. The summed E-state index contributed by atoms with van der Waals surface area (Å²) in [7, 11) is 0. The lowest BCUT2D eigenvalue weighted by atomic mass is 9.93. The Morgan fingerprint density at radius 2 is 1.05 bits per heavy atom. The highest BCUT2D eigenvalue weighted by Gasteiger charge is 2.13. The van der Waals surface area contributed by atoms with Gasteiger partial charge < -0.3 is 11.1 Å². The average Bonchev–Trinajstić information content (AvgIpc) is 3.09. The molecule has 0 saturated carbocycles. The molecule has 3 N–H and O–H groups in total. The monoisotopic (exact) mass is 564 g/mol. The predicted octanol–water partition coefficient (Wildman–Crippen LogP) is 10.3. The maximum Gasteiger partial charge on any atom is 0.0504 e. The fourth-order valence-corrected chi connectivity index (χ4v) is 6.68. The second kappa shape index (κ2) is 11.0. The molecule has 210 valence electrons. The van der Waals surface area contributed by atoms with Gasteiger partial charge in [0.1, 0.15) is 0 Å². The maximum absolute atomic E-state index is 6.82. The molecule has 0 amide bonds. The first-order valence-corrected chi connectivity index (χ1v) is 15.2. The first-order valence-electron chi connectivity index (χ1n) is 15.2. The lowest BCUT2D eigenvalue weighted by molar-refractivity contribution is 0.865. The molecule has 0 aliphatic heterocycles. The summed E-state index contributed by atoms with van der Waals surface area (Å²) in [5.41, 5.74) is 11.3. The molecular formula is C42H32N2. The van der Waals surface area contributed by atoms with E-state index in [4.69, 9.17) is 5.73 Å². The molecule has 0 fully saturated rings. The van der Waals surface area contributed by atoms with Crippen molar-refractivity contribution in [2.75, 3.05) is 0 Å². The molecule has 2 nitrogen and oxygen atoms in total. The third kappa shape index (κ3) is 4.66. The molecule has 0 spiro atoms. The highest BCUT2D eigenvalue weighted by molar-refractivity contribution is 6.14. The molecule has 1 unspecified atom stereocenters. The second-order valence-electron chi connectivity index (χ2n) is 11.6. The third-order valence-corrected chi connectivity index (χ3v) is 8.92. The van der Waals surface area contributed by atoms with Crippen LogP contribution in [0.2, 0.25) is 0 Å². The van der Waals surface area contributed by atoms with E-state index in [1.165, 1.54) is 59.4 Å². The van der Waals surface area contributed by atoms with Crippen LogP contribution in [0.5, 0.6) is 0 Å². The van der Waals surface area contributed by atoms with Crippen LogP contribution in [0.15, 0.2) is 158 Å². The van der Waals surface area contributed by atoms with E-state index in [0.717, 1.165) is 16.8 Å². The summed E-state index contributed by atoms with van der Waals surface area (Å²) < 4.78 is 0. The van der Waals surface area contributed by atoms with Crippen LogP contribution in [0.1, 0.15) is 22.7 Å². The van der Waals surface area contributed by atoms with Crippen LogP contribution in [0.25, 0.3) is 59.6 Å². The molecule has 0 aliphatic carbocycles. The quantitative estimate of drug-likeness (QED) is 0.156. The number of rotatable bonds is 6. The summed E-state index contributed by atoms with van der Waals surface area (Å²) >= 11 is 0. The molecule has 8 aromatic rings. The average molecular weight is 565 g/mol. The Bertz CT molecular complexity index is 2350. The van der Waals surface area contributed by atoms with Gasteiger partial charge in [-0.3, -0.25) is 0 Å². The molecule has 44 heavy (non-hydrogen) atoms. The fraction of sp³-hybridized carbons (Fsp3) is 0.0476. The molecule has 0 aliphatic rings. The topological polar surface area (TPSA) is 38.0 Å². The molecule has 0 bridgehead atoms. The standard InChI is InChI=1S/C42H32N2/c43-41(30-12-2-1-3-13-30)26-42(33-21-22-37-32(24-33)19-18-28-10-4-7-15-34(28)37)44-27-40-36-17-9-6-14-31(36)25-39-35-16-8-5-11-29(35)20-23-38(39)40/h1-26,41,44H,27,43H2/b42-26-. The van der Waals surface area contributed by atoms with E-state index in [1.807, 2.05) is 18.2 Å². The molecular weight excluding hydrogens is 532 g/mol. The summed E-state index contributed by atoms with van der Waals surface area (Å²) in [5, 5.41) is 16.5. The zero-order valence-electron chi connectivity index (χ0n) is 24.4. The van der Waals surface area contributed by atoms with Gasteiger partial charge in [0, 0.05) is 12.2 Å². The van der Waals surface area contributed by atoms with E-state index in [9.17, 15) is 0 Å². The zero-order chi connectivity index (χ0) is 29.5. The molecule has 8 aromatic carbocycles. The van der Waals surface area contributed by atoms with Crippen molar-refractivity contribution in [2.45, 2.75) is 12.6 Å². The van der Waals surface area contributed by atoms with Crippen molar-refractivity contribution < 1.29 is 0 Å². The summed E-state index contributed by atoms with van der Waals surface area (Å²) in [6.45, 7) is 0.666. The minimum absolute atomic E-state index is 0.251. The van der Waals surface area contributed by atoms with Gasteiger partial charge >= 0.3 is 0 Å². The molecule has 1 atom stereocenters. The Labute approximate surface area is 257 Å². The molecule has 8 rings (SSSR count). The van der Waals surface area contributed by atoms with Gasteiger partial charge in [0.05, 0.1) is 6.04 Å². The van der Waals surface area contributed by atoms with E-state index in [1.54, 1.807) is 0 Å². The number of hydrogen-bond donors (Lipinski definition) is 2. The van der Waals surface area contributed by atoms with E-state index < -0.39 is 0 Å². The number of fused-ring (bicyclic) bond motifs is 7. The Morgan fingerprint density at radius 3 is 1.82 bits per heavy atom. The molecule has 0 radical (unpaired) electrons. The number of hydrogen-bond acceptors (Lipinski definition) is 2. The zero-order valence-corrected chi connectivity index (χ0v) is 24.4. The van der Waals surface area contributed by atoms with Gasteiger partial charge in [-0.25, -0.2) is 0 Å². The molecule has 2 heteroatoms. The SMILES string of the molecule is NC(/C=C(\NCc1c2ccccc2cc2c1ccc1ccccc12)c1ccc2c(ccc3ccccc32)c1)c1ccccc1. The van der Waals surface area contributed by atoms with Gasteiger partial charge in [-0.15, -0.1) is 0 Å². The summed E-state index contributed by atoms with van der Waals surface area (Å²) in [6.07, 6.45) is 2.17. The molecule has 0 aromatic heterocycles. The lowest BCUT2D eigenvalue weighted by Crippen LogP contribution is -2.16. The van der Waals surface area contributed by atoms with E-state index in [0.29, 0.717) is 6.54 Å². The minimum atomic E-state index is -0.251. The summed E-state index contributed by atoms with van der Waals surface area (Å²) in [6, 6.07) is 54.0.